The number of aromatic nitrogens is 2. The average Bonchev–Trinajstić information content (AvgIpc) is 3.53. The van der Waals surface area contributed by atoms with Crippen LogP contribution in [0.3, 0.4) is 0 Å². The predicted octanol–water partition coefficient (Wildman–Crippen LogP) is 5.58. The fraction of sp³-hybridized carbons (Fsp3) is 0.206. The van der Waals surface area contributed by atoms with Crippen LogP contribution < -0.4 is 24.4 Å². The number of allylic oxidation sites excluding steroid dienone is 1. The molecule has 6 rings (SSSR count). The minimum Gasteiger partial charge on any atom is -0.497 e. The maximum atomic E-state index is 14.3. The maximum Gasteiger partial charge on any atom is 0.338 e. The summed E-state index contributed by atoms with van der Waals surface area (Å²) in [6.07, 6.45) is 3.99. The molecule has 0 aliphatic carbocycles. The smallest absolute Gasteiger partial charge is 0.338 e. The molecule has 1 aliphatic heterocycles. The van der Waals surface area contributed by atoms with Gasteiger partial charge in [-0.15, -0.1) is 0 Å². The van der Waals surface area contributed by atoms with Gasteiger partial charge in [-0.25, -0.2) is 9.79 Å². The Balaban J connectivity index is 1.53. The number of ether oxygens (including phenoxy) is 3. The molecule has 5 aromatic rings. The Kier molecular flexibility index (Phi) is 8.29. The van der Waals surface area contributed by atoms with Gasteiger partial charge in [0.25, 0.3) is 5.56 Å². The zero-order valence-electron chi connectivity index (χ0n) is 24.7. The molecule has 0 saturated heterocycles. The third kappa shape index (κ3) is 5.39. The van der Waals surface area contributed by atoms with Gasteiger partial charge in [0.15, 0.2) is 4.80 Å². The largest absolute Gasteiger partial charge is 0.497 e. The molecule has 0 unspecified atom stereocenters. The highest BCUT2D eigenvalue weighted by Crippen LogP contribution is 2.37. The fourth-order valence-electron chi connectivity index (χ4n) is 5.58. The second-order valence-corrected chi connectivity index (χ2v) is 12.2. The van der Waals surface area contributed by atoms with Gasteiger partial charge in [-0.3, -0.25) is 9.36 Å². The van der Waals surface area contributed by atoms with E-state index in [0.717, 1.165) is 26.5 Å². The van der Waals surface area contributed by atoms with Crippen molar-refractivity contribution in [2.45, 2.75) is 26.4 Å². The van der Waals surface area contributed by atoms with E-state index < -0.39 is 12.0 Å². The van der Waals surface area contributed by atoms with Crippen LogP contribution in [0.25, 0.3) is 17.0 Å². The zero-order valence-corrected chi connectivity index (χ0v) is 27.1. The Bertz CT molecular complexity index is 2110. The Morgan fingerprint density at radius 2 is 1.84 bits per heavy atom. The van der Waals surface area contributed by atoms with Crippen LogP contribution in [-0.2, 0) is 16.1 Å². The molecule has 1 atom stereocenters. The lowest BCUT2D eigenvalue weighted by Gasteiger charge is -2.26. The molecule has 0 saturated carbocycles. The highest BCUT2D eigenvalue weighted by molar-refractivity contribution is 9.10. The number of benzene rings is 3. The normalized spacial score (nSPS) is 14.8. The molecule has 8 nitrogen and oxygen atoms in total. The molecule has 0 fully saturated rings. The number of carbonyl (C=O) groups excluding carboxylic acids is 1. The zero-order chi connectivity index (χ0) is 31.0. The number of methoxy groups -OCH3 is 2. The van der Waals surface area contributed by atoms with Crippen molar-refractivity contribution in [3.8, 4) is 11.5 Å². The van der Waals surface area contributed by atoms with Crippen molar-refractivity contribution < 1.29 is 19.0 Å². The van der Waals surface area contributed by atoms with Crippen molar-refractivity contribution in [3.05, 3.63) is 125 Å². The second kappa shape index (κ2) is 12.3. The van der Waals surface area contributed by atoms with Crippen LogP contribution in [-0.4, -0.2) is 35.9 Å². The van der Waals surface area contributed by atoms with Crippen LogP contribution in [0.15, 0.2) is 98.5 Å². The summed E-state index contributed by atoms with van der Waals surface area (Å²) in [5, 5.41) is 1.03. The topological polar surface area (TPSA) is 84.1 Å². The van der Waals surface area contributed by atoms with Crippen molar-refractivity contribution in [2.75, 3.05) is 20.8 Å². The Morgan fingerprint density at radius 3 is 2.57 bits per heavy atom. The summed E-state index contributed by atoms with van der Waals surface area (Å²) >= 11 is 4.80. The summed E-state index contributed by atoms with van der Waals surface area (Å²) < 4.78 is 21.8. The number of fused-ring (bicyclic) bond motifs is 2. The van der Waals surface area contributed by atoms with E-state index in [1.807, 2.05) is 36.4 Å². The van der Waals surface area contributed by atoms with Gasteiger partial charge in [0.1, 0.15) is 17.5 Å². The van der Waals surface area contributed by atoms with Crippen LogP contribution in [0.2, 0.25) is 0 Å². The standard InChI is InChI=1S/C34H30BrN3O5S/c1-5-43-33(40)30-20(2)36-34-38(31(30)26-15-14-24(41-3)17-28(26)42-4)32(39)29(44-34)16-22-19-37(27-9-7-6-8-25(22)27)18-21-10-12-23(35)13-11-21/h6-17,19,31H,5,18H2,1-4H3/b29-16+/t31-/m1/s1. The third-order valence-electron chi connectivity index (χ3n) is 7.62. The van der Waals surface area contributed by atoms with E-state index in [-0.39, 0.29) is 12.2 Å². The average molecular weight is 673 g/mol. The quantitative estimate of drug-likeness (QED) is 0.201. The van der Waals surface area contributed by atoms with Gasteiger partial charge in [0, 0.05) is 45.3 Å². The van der Waals surface area contributed by atoms with Gasteiger partial charge in [-0.2, -0.15) is 0 Å². The number of nitrogens with zero attached hydrogens (tertiary/aromatic N) is 3. The molecule has 2 aromatic heterocycles. The van der Waals surface area contributed by atoms with Crippen molar-refractivity contribution in [3.63, 3.8) is 0 Å². The first-order valence-electron chi connectivity index (χ1n) is 14.1. The van der Waals surface area contributed by atoms with E-state index in [4.69, 9.17) is 19.2 Å². The van der Waals surface area contributed by atoms with Gasteiger partial charge < -0.3 is 18.8 Å². The predicted molar refractivity (Wildman–Crippen MR) is 175 cm³/mol. The summed E-state index contributed by atoms with van der Waals surface area (Å²) in [4.78, 5) is 32.8. The second-order valence-electron chi connectivity index (χ2n) is 10.3. The fourth-order valence-corrected chi connectivity index (χ4v) is 6.88. The molecule has 3 aromatic carbocycles. The lowest BCUT2D eigenvalue weighted by Crippen LogP contribution is -2.40. The van der Waals surface area contributed by atoms with Gasteiger partial charge in [-0.05, 0) is 55.8 Å². The van der Waals surface area contributed by atoms with Crippen molar-refractivity contribution in [1.82, 2.24) is 9.13 Å². The monoisotopic (exact) mass is 671 g/mol. The molecule has 1 aliphatic rings. The highest BCUT2D eigenvalue weighted by atomic mass is 79.9. The van der Waals surface area contributed by atoms with Crippen molar-refractivity contribution >= 4 is 50.2 Å². The molecule has 0 radical (unpaired) electrons. The van der Waals surface area contributed by atoms with Gasteiger partial charge in [0.2, 0.25) is 0 Å². The first kappa shape index (κ1) is 29.7. The van der Waals surface area contributed by atoms with Crippen LogP contribution >= 0.6 is 27.3 Å². The molecule has 44 heavy (non-hydrogen) atoms. The van der Waals surface area contributed by atoms with Crippen LogP contribution in [0, 0.1) is 0 Å². The van der Waals surface area contributed by atoms with E-state index in [2.05, 4.69) is 51.0 Å². The molecule has 0 amide bonds. The SMILES string of the molecule is CCOC(=O)C1=C(C)N=c2s/c(=C/c3cn(Cc4ccc(Br)cc4)c4ccccc34)c(=O)n2[C@@H]1c1ccc(OC)cc1OC. The van der Waals surface area contributed by atoms with E-state index in [0.29, 0.717) is 44.2 Å². The Morgan fingerprint density at radius 1 is 1.07 bits per heavy atom. The van der Waals surface area contributed by atoms with Gasteiger partial charge in [0.05, 0.1) is 36.6 Å². The molecule has 3 heterocycles. The van der Waals surface area contributed by atoms with Crippen LogP contribution in [0.4, 0.5) is 0 Å². The Labute approximate surface area is 266 Å². The third-order valence-corrected chi connectivity index (χ3v) is 9.14. The first-order valence-corrected chi connectivity index (χ1v) is 15.7. The Hall–Kier alpha value is -4.41. The summed E-state index contributed by atoms with van der Waals surface area (Å²) in [6, 6.07) is 20.9. The molecular weight excluding hydrogens is 642 g/mol. The number of thiazole rings is 1. The minimum absolute atomic E-state index is 0.191. The molecule has 10 heteroatoms. The summed E-state index contributed by atoms with van der Waals surface area (Å²) in [7, 11) is 3.12. The number of hydrogen-bond donors (Lipinski definition) is 0. The molecule has 0 bridgehead atoms. The lowest BCUT2D eigenvalue weighted by molar-refractivity contribution is -0.139. The highest BCUT2D eigenvalue weighted by Gasteiger charge is 2.35. The molecule has 224 valence electrons. The van der Waals surface area contributed by atoms with Gasteiger partial charge in [-0.1, -0.05) is 57.6 Å². The maximum absolute atomic E-state index is 14.3. The number of carbonyl (C=O) groups is 1. The van der Waals surface area contributed by atoms with E-state index in [9.17, 15) is 9.59 Å². The van der Waals surface area contributed by atoms with Crippen LogP contribution in [0.5, 0.6) is 11.5 Å². The van der Waals surface area contributed by atoms with E-state index in [1.54, 1.807) is 44.8 Å². The number of esters is 1. The molecule has 0 spiro atoms. The number of hydrogen-bond acceptors (Lipinski definition) is 7. The lowest BCUT2D eigenvalue weighted by atomic mass is 9.95. The van der Waals surface area contributed by atoms with E-state index >= 15 is 0 Å². The van der Waals surface area contributed by atoms with Crippen molar-refractivity contribution in [2.24, 2.45) is 4.99 Å². The summed E-state index contributed by atoms with van der Waals surface area (Å²) in [5.74, 6) is 0.550. The summed E-state index contributed by atoms with van der Waals surface area (Å²) in [6.45, 7) is 4.39. The number of halogens is 1. The number of rotatable bonds is 8. The van der Waals surface area contributed by atoms with Crippen LogP contribution in [0.1, 0.15) is 36.6 Å². The number of para-hydroxylation sites is 1. The van der Waals surface area contributed by atoms with E-state index in [1.165, 1.54) is 11.3 Å². The summed E-state index contributed by atoms with van der Waals surface area (Å²) in [5.41, 5.74) is 4.31. The molecular formula is C34H30BrN3O5S. The molecule has 0 N–H and O–H groups in total. The van der Waals surface area contributed by atoms with Crippen molar-refractivity contribution in [1.29, 1.82) is 0 Å². The minimum atomic E-state index is -0.799. The van der Waals surface area contributed by atoms with Gasteiger partial charge >= 0.3 is 5.97 Å². The first-order chi connectivity index (χ1) is 21.3.